The first kappa shape index (κ1) is 22.8. The summed E-state index contributed by atoms with van der Waals surface area (Å²) in [4.78, 5) is 36.9. The van der Waals surface area contributed by atoms with Crippen LogP contribution in [0.15, 0.2) is 48.5 Å². The number of rotatable bonds is 7. The number of nitrogens with one attached hydrogen (secondary N) is 2. The summed E-state index contributed by atoms with van der Waals surface area (Å²) in [6, 6.07) is 14.6. The van der Waals surface area contributed by atoms with Crippen LogP contribution in [-0.4, -0.2) is 55.0 Å². The first-order valence-corrected chi connectivity index (χ1v) is 11.1. The number of aliphatic carboxylic acids is 1. The molecule has 33 heavy (non-hydrogen) atoms. The summed E-state index contributed by atoms with van der Waals surface area (Å²) in [6.45, 7) is 3.56. The molecule has 2 aromatic rings. The maximum atomic E-state index is 12.7. The van der Waals surface area contributed by atoms with E-state index < -0.39 is 35.5 Å². The van der Waals surface area contributed by atoms with Crippen molar-refractivity contribution < 1.29 is 29.0 Å². The lowest BCUT2D eigenvalue weighted by atomic mass is 9.85. The van der Waals surface area contributed by atoms with Gasteiger partial charge >= 0.3 is 12.1 Å². The second-order valence-electron chi connectivity index (χ2n) is 8.73. The number of carbonyl (C=O) groups is 3. The number of hydrogen-bond acceptors (Lipinski definition) is 5. The van der Waals surface area contributed by atoms with Gasteiger partial charge in [0.25, 0.3) is 0 Å². The van der Waals surface area contributed by atoms with Gasteiger partial charge in [-0.3, -0.25) is 9.59 Å². The number of benzene rings is 2. The van der Waals surface area contributed by atoms with E-state index in [2.05, 4.69) is 22.8 Å². The number of carboxylic acid groups (broad SMARTS) is 1. The molecule has 0 spiro atoms. The third kappa shape index (κ3) is 4.30. The van der Waals surface area contributed by atoms with E-state index in [1.165, 1.54) is 6.92 Å². The van der Waals surface area contributed by atoms with Crippen LogP contribution < -0.4 is 10.6 Å². The van der Waals surface area contributed by atoms with Crippen LogP contribution in [0.5, 0.6) is 0 Å². The molecular formula is C25H28N2O6. The van der Waals surface area contributed by atoms with Gasteiger partial charge in [0.2, 0.25) is 5.91 Å². The smallest absolute Gasteiger partial charge is 0.407 e. The van der Waals surface area contributed by atoms with Crippen molar-refractivity contribution in [3.05, 3.63) is 59.7 Å². The third-order valence-electron chi connectivity index (χ3n) is 6.62. The topological polar surface area (TPSA) is 114 Å². The highest BCUT2D eigenvalue weighted by atomic mass is 16.5. The van der Waals surface area contributed by atoms with Gasteiger partial charge in [-0.25, -0.2) is 4.79 Å². The van der Waals surface area contributed by atoms with Gasteiger partial charge in [0, 0.05) is 5.92 Å². The van der Waals surface area contributed by atoms with Crippen LogP contribution >= 0.6 is 0 Å². The van der Waals surface area contributed by atoms with Crippen LogP contribution in [0, 0.1) is 5.41 Å². The van der Waals surface area contributed by atoms with E-state index in [9.17, 15) is 19.5 Å². The van der Waals surface area contributed by atoms with E-state index in [0.29, 0.717) is 6.42 Å². The fraction of sp³-hybridized carbons (Fsp3) is 0.400. The van der Waals surface area contributed by atoms with Crippen LogP contribution in [0.25, 0.3) is 11.1 Å². The zero-order valence-electron chi connectivity index (χ0n) is 18.7. The lowest BCUT2D eigenvalue weighted by molar-refractivity contribution is -0.149. The number of fused-ring (bicyclic) bond motifs is 3. The normalized spacial score (nSPS) is 22.2. The summed E-state index contributed by atoms with van der Waals surface area (Å²) in [7, 11) is 0. The molecule has 4 rings (SSSR count). The molecule has 0 saturated carbocycles. The minimum atomic E-state index is -1.21. The van der Waals surface area contributed by atoms with Crippen molar-refractivity contribution in [3.8, 4) is 11.1 Å². The van der Waals surface area contributed by atoms with Crippen LogP contribution in [0.4, 0.5) is 4.79 Å². The predicted octanol–water partition coefficient (Wildman–Crippen LogP) is 2.91. The Labute approximate surface area is 192 Å². The molecule has 174 valence electrons. The second-order valence-corrected chi connectivity index (χ2v) is 8.73. The van der Waals surface area contributed by atoms with Gasteiger partial charge in [-0.15, -0.1) is 0 Å². The molecule has 2 aliphatic rings. The largest absolute Gasteiger partial charge is 0.481 e. The molecule has 1 aliphatic heterocycles. The Bertz CT molecular complexity index is 1020. The van der Waals surface area contributed by atoms with Crippen molar-refractivity contribution in [2.45, 2.75) is 38.3 Å². The van der Waals surface area contributed by atoms with Crippen molar-refractivity contribution >= 4 is 18.0 Å². The fourth-order valence-corrected chi connectivity index (χ4v) is 4.49. The molecule has 3 N–H and O–H groups in total. The van der Waals surface area contributed by atoms with Crippen LogP contribution in [-0.2, 0) is 19.1 Å². The Hall–Kier alpha value is -3.39. The first-order chi connectivity index (χ1) is 15.8. The zero-order chi connectivity index (χ0) is 23.6. The maximum absolute atomic E-state index is 12.7. The van der Waals surface area contributed by atoms with Gasteiger partial charge in [-0.1, -0.05) is 55.5 Å². The SMILES string of the molecule is CC[C@@H](NC(=O)OCC1c2ccccc2-c2ccccc21)C(=O)NC1COCC1(C)C(=O)O. The molecule has 1 aliphatic carbocycles. The van der Waals surface area contributed by atoms with Crippen molar-refractivity contribution in [2.75, 3.05) is 19.8 Å². The number of carboxylic acids is 1. The van der Waals surface area contributed by atoms with Gasteiger partial charge in [-0.05, 0) is 35.6 Å². The molecule has 8 nitrogen and oxygen atoms in total. The predicted molar refractivity (Wildman–Crippen MR) is 121 cm³/mol. The number of ether oxygens (including phenoxy) is 2. The second kappa shape index (κ2) is 9.23. The highest BCUT2D eigenvalue weighted by Crippen LogP contribution is 2.44. The van der Waals surface area contributed by atoms with Crippen molar-refractivity contribution in [3.63, 3.8) is 0 Å². The van der Waals surface area contributed by atoms with Crippen LogP contribution in [0.2, 0.25) is 0 Å². The molecule has 1 fully saturated rings. The molecule has 1 saturated heterocycles. The summed E-state index contributed by atoms with van der Waals surface area (Å²) in [5.74, 6) is -1.58. The molecule has 0 bridgehead atoms. The van der Waals surface area contributed by atoms with E-state index in [0.717, 1.165) is 22.3 Å². The minimum absolute atomic E-state index is 0.0177. The van der Waals surface area contributed by atoms with Crippen LogP contribution in [0.1, 0.15) is 37.3 Å². The van der Waals surface area contributed by atoms with Crippen LogP contribution in [0.3, 0.4) is 0 Å². The maximum Gasteiger partial charge on any atom is 0.407 e. The summed E-state index contributed by atoms with van der Waals surface area (Å²) in [5.41, 5.74) is 3.26. The number of hydrogen-bond donors (Lipinski definition) is 3. The van der Waals surface area contributed by atoms with Crippen molar-refractivity contribution in [1.29, 1.82) is 0 Å². The van der Waals surface area contributed by atoms with Crippen molar-refractivity contribution in [2.24, 2.45) is 5.41 Å². The Morgan fingerprint density at radius 1 is 1.12 bits per heavy atom. The standard InChI is InChI=1S/C25H28N2O6/c1-3-20(22(28)27-21-13-32-14-25(21,2)23(29)30)26-24(31)33-12-19-17-10-6-4-8-15(17)16-9-5-7-11-18(16)19/h4-11,19-21H,3,12-14H2,1-2H3,(H,26,31)(H,27,28)(H,29,30)/t20-,21?,25?/m1/s1. The molecule has 2 unspecified atom stereocenters. The monoisotopic (exact) mass is 452 g/mol. The third-order valence-corrected chi connectivity index (χ3v) is 6.62. The van der Waals surface area contributed by atoms with Gasteiger partial charge < -0.3 is 25.2 Å². The molecule has 0 radical (unpaired) electrons. The lowest BCUT2D eigenvalue weighted by Gasteiger charge is -2.27. The van der Waals surface area contributed by atoms with Crippen molar-refractivity contribution in [1.82, 2.24) is 10.6 Å². The zero-order valence-corrected chi connectivity index (χ0v) is 18.7. The van der Waals surface area contributed by atoms with E-state index in [1.54, 1.807) is 6.92 Å². The van der Waals surface area contributed by atoms with Gasteiger partial charge in [0.15, 0.2) is 0 Å². The number of alkyl carbamates (subject to hydrolysis) is 1. The van der Waals surface area contributed by atoms with E-state index in [1.807, 2.05) is 36.4 Å². The van der Waals surface area contributed by atoms with E-state index in [-0.39, 0.29) is 25.7 Å². The average molecular weight is 453 g/mol. The number of carbonyl (C=O) groups excluding carboxylic acids is 2. The highest BCUT2D eigenvalue weighted by molar-refractivity contribution is 5.87. The Balaban J connectivity index is 1.37. The van der Waals surface area contributed by atoms with E-state index >= 15 is 0 Å². The lowest BCUT2D eigenvalue weighted by Crippen LogP contribution is -2.55. The average Bonchev–Trinajstić information content (AvgIpc) is 3.34. The minimum Gasteiger partial charge on any atom is -0.481 e. The molecule has 0 aromatic heterocycles. The Kier molecular flexibility index (Phi) is 6.37. The Morgan fingerprint density at radius 2 is 1.73 bits per heavy atom. The molecular weight excluding hydrogens is 424 g/mol. The van der Waals surface area contributed by atoms with Gasteiger partial charge in [-0.2, -0.15) is 0 Å². The molecule has 2 aromatic carbocycles. The first-order valence-electron chi connectivity index (χ1n) is 11.1. The summed E-state index contributed by atoms with van der Waals surface area (Å²) in [6.07, 6.45) is -0.365. The molecule has 1 heterocycles. The van der Waals surface area contributed by atoms with Gasteiger partial charge in [0.1, 0.15) is 18.1 Å². The molecule has 2 amide bonds. The van der Waals surface area contributed by atoms with Gasteiger partial charge in [0.05, 0.1) is 19.3 Å². The summed E-state index contributed by atoms with van der Waals surface area (Å²) >= 11 is 0. The Morgan fingerprint density at radius 3 is 2.30 bits per heavy atom. The quantitative estimate of drug-likeness (QED) is 0.595. The molecule has 8 heteroatoms. The van der Waals surface area contributed by atoms with E-state index in [4.69, 9.17) is 9.47 Å². The molecule has 3 atom stereocenters. The fourth-order valence-electron chi connectivity index (χ4n) is 4.49. The number of amides is 2. The summed E-state index contributed by atoms with van der Waals surface area (Å²) < 4.78 is 10.8. The highest BCUT2D eigenvalue weighted by Gasteiger charge is 2.47. The summed E-state index contributed by atoms with van der Waals surface area (Å²) in [5, 5.41) is 14.8.